The van der Waals surface area contributed by atoms with E-state index in [4.69, 9.17) is 5.73 Å². The molecule has 0 aliphatic heterocycles. The molecule has 1 aromatic rings. The van der Waals surface area contributed by atoms with Crippen LogP contribution >= 0.6 is 0 Å². The third-order valence-electron chi connectivity index (χ3n) is 2.61. The molecule has 1 aromatic carbocycles. The molecule has 2 amide bonds. The first kappa shape index (κ1) is 15.0. The van der Waals surface area contributed by atoms with E-state index in [1.165, 1.54) is 0 Å². The van der Waals surface area contributed by atoms with Crippen LogP contribution in [0.1, 0.15) is 31.1 Å². The molecule has 0 heterocycles. The Balaban J connectivity index is 2.61. The van der Waals surface area contributed by atoms with Crippen LogP contribution in [0.25, 0.3) is 0 Å². The van der Waals surface area contributed by atoms with Crippen molar-refractivity contribution in [3.05, 3.63) is 29.8 Å². The maximum atomic E-state index is 11.8. The summed E-state index contributed by atoms with van der Waals surface area (Å²) < 4.78 is 0. The van der Waals surface area contributed by atoms with E-state index in [2.05, 4.69) is 10.6 Å². The second-order valence-corrected chi connectivity index (χ2v) is 4.95. The lowest BCUT2D eigenvalue weighted by Crippen LogP contribution is -2.39. The van der Waals surface area contributed by atoms with E-state index in [1.807, 2.05) is 13.8 Å². The number of nitrogens with two attached hydrogens (primary N) is 1. The minimum atomic E-state index is -0.486. The number of hydrogen-bond donors (Lipinski definition) is 3. The van der Waals surface area contributed by atoms with Gasteiger partial charge in [0.05, 0.1) is 0 Å². The summed E-state index contributed by atoms with van der Waals surface area (Å²) in [6, 6.07) is 6.41. The van der Waals surface area contributed by atoms with Crippen molar-refractivity contribution in [1.29, 1.82) is 0 Å². The van der Waals surface area contributed by atoms with E-state index in [1.54, 1.807) is 31.2 Å². The van der Waals surface area contributed by atoms with E-state index in [-0.39, 0.29) is 11.9 Å². The van der Waals surface area contributed by atoms with Crippen molar-refractivity contribution in [3.63, 3.8) is 0 Å². The number of carbonyl (C=O) groups is 2. The summed E-state index contributed by atoms with van der Waals surface area (Å²) in [5, 5.41) is 5.89. The Morgan fingerprint density at radius 3 is 2.53 bits per heavy atom. The fourth-order valence-corrected chi connectivity index (χ4v) is 1.54. The van der Waals surface area contributed by atoms with Crippen LogP contribution in [0.4, 0.5) is 5.69 Å². The van der Waals surface area contributed by atoms with Gasteiger partial charge in [-0.1, -0.05) is 19.9 Å². The molecular weight excluding hydrogens is 242 g/mol. The summed E-state index contributed by atoms with van der Waals surface area (Å²) in [6.07, 6.45) is 0. The Kier molecular flexibility index (Phi) is 5.36. The minimum Gasteiger partial charge on any atom is -0.374 e. The van der Waals surface area contributed by atoms with Gasteiger partial charge < -0.3 is 16.4 Å². The van der Waals surface area contributed by atoms with Gasteiger partial charge in [-0.3, -0.25) is 9.59 Å². The number of benzene rings is 1. The van der Waals surface area contributed by atoms with Crippen molar-refractivity contribution in [3.8, 4) is 0 Å². The SMILES string of the molecule is CC(C)CNC(=O)C(C)Nc1cccc(C(N)=O)c1. The van der Waals surface area contributed by atoms with Crippen LogP contribution in [-0.4, -0.2) is 24.4 Å². The number of hydrogen-bond acceptors (Lipinski definition) is 3. The van der Waals surface area contributed by atoms with Gasteiger partial charge in [0, 0.05) is 17.8 Å². The lowest BCUT2D eigenvalue weighted by atomic mass is 10.1. The fraction of sp³-hybridized carbons (Fsp3) is 0.429. The Morgan fingerprint density at radius 2 is 1.95 bits per heavy atom. The molecule has 104 valence electrons. The van der Waals surface area contributed by atoms with E-state index < -0.39 is 5.91 Å². The third kappa shape index (κ3) is 4.99. The maximum absolute atomic E-state index is 11.8. The van der Waals surface area contributed by atoms with Gasteiger partial charge in [-0.05, 0) is 31.0 Å². The fourth-order valence-electron chi connectivity index (χ4n) is 1.54. The highest BCUT2D eigenvalue weighted by Crippen LogP contribution is 2.11. The number of carbonyl (C=O) groups excluding carboxylic acids is 2. The van der Waals surface area contributed by atoms with Crippen molar-refractivity contribution in [2.45, 2.75) is 26.8 Å². The summed E-state index contributed by atoms with van der Waals surface area (Å²) >= 11 is 0. The Hall–Kier alpha value is -2.04. The van der Waals surface area contributed by atoms with Crippen molar-refractivity contribution in [2.24, 2.45) is 11.7 Å². The van der Waals surface area contributed by atoms with Crippen LogP contribution in [0.15, 0.2) is 24.3 Å². The number of amides is 2. The van der Waals surface area contributed by atoms with Crippen molar-refractivity contribution >= 4 is 17.5 Å². The maximum Gasteiger partial charge on any atom is 0.248 e. The van der Waals surface area contributed by atoms with Gasteiger partial charge in [0.15, 0.2) is 0 Å². The second-order valence-electron chi connectivity index (χ2n) is 4.95. The Morgan fingerprint density at radius 1 is 1.26 bits per heavy atom. The molecule has 1 rings (SSSR count). The molecule has 0 spiro atoms. The van der Waals surface area contributed by atoms with E-state index >= 15 is 0 Å². The number of rotatable bonds is 6. The average molecular weight is 263 g/mol. The first-order chi connectivity index (χ1) is 8.90. The van der Waals surface area contributed by atoms with Gasteiger partial charge in [-0.2, -0.15) is 0 Å². The number of nitrogens with one attached hydrogen (secondary N) is 2. The first-order valence-electron chi connectivity index (χ1n) is 6.34. The second kappa shape index (κ2) is 6.78. The predicted molar refractivity (Wildman–Crippen MR) is 75.9 cm³/mol. The Bertz CT molecular complexity index is 458. The molecule has 0 bridgehead atoms. The summed E-state index contributed by atoms with van der Waals surface area (Å²) in [5.41, 5.74) is 6.32. The average Bonchev–Trinajstić information content (AvgIpc) is 2.36. The number of primary amides is 1. The monoisotopic (exact) mass is 263 g/mol. The lowest BCUT2D eigenvalue weighted by molar-refractivity contribution is -0.121. The van der Waals surface area contributed by atoms with Gasteiger partial charge in [-0.25, -0.2) is 0 Å². The van der Waals surface area contributed by atoms with Gasteiger partial charge in [-0.15, -0.1) is 0 Å². The van der Waals surface area contributed by atoms with Crippen LogP contribution in [0, 0.1) is 5.92 Å². The molecule has 0 radical (unpaired) electrons. The van der Waals surface area contributed by atoms with Crippen LogP contribution in [0.2, 0.25) is 0 Å². The quantitative estimate of drug-likeness (QED) is 0.724. The Labute approximate surface area is 113 Å². The minimum absolute atomic E-state index is 0.0711. The molecular formula is C14H21N3O2. The van der Waals surface area contributed by atoms with Crippen molar-refractivity contribution in [2.75, 3.05) is 11.9 Å². The molecule has 19 heavy (non-hydrogen) atoms. The summed E-state index contributed by atoms with van der Waals surface area (Å²) in [4.78, 5) is 22.9. The molecule has 5 nitrogen and oxygen atoms in total. The highest BCUT2D eigenvalue weighted by atomic mass is 16.2. The van der Waals surface area contributed by atoms with E-state index in [0.29, 0.717) is 23.7 Å². The molecule has 0 saturated heterocycles. The zero-order valence-electron chi connectivity index (χ0n) is 11.6. The van der Waals surface area contributed by atoms with Crippen LogP contribution in [-0.2, 0) is 4.79 Å². The van der Waals surface area contributed by atoms with Crippen molar-refractivity contribution in [1.82, 2.24) is 5.32 Å². The summed E-state index contributed by atoms with van der Waals surface area (Å²) in [6.45, 7) is 6.49. The molecule has 0 aromatic heterocycles. The number of anilines is 1. The summed E-state index contributed by atoms with van der Waals surface area (Å²) in [5.74, 6) is -0.145. The van der Waals surface area contributed by atoms with Crippen LogP contribution in [0.3, 0.4) is 0 Å². The largest absolute Gasteiger partial charge is 0.374 e. The molecule has 1 unspecified atom stereocenters. The molecule has 0 saturated carbocycles. The van der Waals surface area contributed by atoms with Gasteiger partial charge in [0.2, 0.25) is 11.8 Å². The smallest absolute Gasteiger partial charge is 0.248 e. The predicted octanol–water partition coefficient (Wildman–Crippen LogP) is 1.36. The third-order valence-corrected chi connectivity index (χ3v) is 2.61. The molecule has 0 fully saturated rings. The normalized spacial score (nSPS) is 12.0. The summed E-state index contributed by atoms with van der Waals surface area (Å²) in [7, 11) is 0. The molecule has 4 N–H and O–H groups in total. The van der Waals surface area contributed by atoms with Crippen LogP contribution < -0.4 is 16.4 Å². The zero-order valence-corrected chi connectivity index (χ0v) is 11.6. The molecule has 0 aliphatic carbocycles. The van der Waals surface area contributed by atoms with Gasteiger partial charge in [0.1, 0.15) is 6.04 Å². The highest BCUT2D eigenvalue weighted by Gasteiger charge is 2.13. The van der Waals surface area contributed by atoms with Crippen LogP contribution in [0.5, 0.6) is 0 Å². The highest BCUT2D eigenvalue weighted by molar-refractivity contribution is 5.94. The molecule has 5 heteroatoms. The van der Waals surface area contributed by atoms with E-state index in [9.17, 15) is 9.59 Å². The topological polar surface area (TPSA) is 84.2 Å². The lowest BCUT2D eigenvalue weighted by Gasteiger charge is -2.16. The van der Waals surface area contributed by atoms with E-state index in [0.717, 1.165) is 0 Å². The molecule has 1 atom stereocenters. The van der Waals surface area contributed by atoms with Gasteiger partial charge >= 0.3 is 0 Å². The van der Waals surface area contributed by atoms with Crippen molar-refractivity contribution < 1.29 is 9.59 Å². The molecule has 0 aliphatic rings. The first-order valence-corrected chi connectivity index (χ1v) is 6.34. The zero-order chi connectivity index (χ0) is 14.4. The van der Waals surface area contributed by atoms with Gasteiger partial charge in [0.25, 0.3) is 0 Å². The standard InChI is InChI=1S/C14H21N3O2/c1-9(2)8-16-14(19)10(3)17-12-6-4-5-11(7-12)13(15)18/h4-7,9-10,17H,8H2,1-3H3,(H2,15,18)(H,16,19).